The van der Waals surface area contributed by atoms with Gasteiger partial charge in [-0.05, 0) is 0 Å². The van der Waals surface area contributed by atoms with Crippen LogP contribution in [-0.4, -0.2) is 26.6 Å². The molecule has 0 aliphatic carbocycles. The summed E-state index contributed by atoms with van der Waals surface area (Å²) in [6.45, 7) is 0. The van der Waals surface area contributed by atoms with Crippen LogP contribution in [0.2, 0.25) is 0 Å². The van der Waals surface area contributed by atoms with Crippen molar-refractivity contribution in [3.63, 3.8) is 0 Å². The summed E-state index contributed by atoms with van der Waals surface area (Å²) in [4.78, 5) is 11.9. The molecular weight excluding hydrogens is 218 g/mol. The molecule has 0 atom stereocenters. The number of ether oxygens (including phenoxy) is 1. The summed E-state index contributed by atoms with van der Waals surface area (Å²) in [6.07, 6.45) is 4.24. The quantitative estimate of drug-likeness (QED) is 0.773. The number of methoxy groups -OCH3 is 1. The van der Waals surface area contributed by atoms with Gasteiger partial charge < -0.3 is 10.5 Å². The Kier molecular flexibility index (Phi) is 2.42. The molecule has 0 fully saturated rings. The average molecular weight is 226 g/mol. The number of nitrogens with zero attached hydrogens (tertiary/aromatic N) is 4. The summed E-state index contributed by atoms with van der Waals surface area (Å²) in [5, 5.41) is 0.345. The van der Waals surface area contributed by atoms with Crippen molar-refractivity contribution in [2.75, 3.05) is 12.8 Å². The van der Waals surface area contributed by atoms with Gasteiger partial charge in [0, 0.05) is 0 Å². The molecule has 78 valence electrons. The van der Waals surface area contributed by atoms with E-state index in [4.69, 9.17) is 22.1 Å². The third-order valence-electron chi connectivity index (χ3n) is 1.81. The molecule has 2 aromatic rings. The summed E-state index contributed by atoms with van der Waals surface area (Å²) < 4.78 is 6.34. The van der Waals surface area contributed by atoms with Crippen LogP contribution in [0.15, 0.2) is 18.9 Å². The minimum atomic E-state index is 0.320. The van der Waals surface area contributed by atoms with Gasteiger partial charge in [0.05, 0.1) is 7.11 Å². The lowest BCUT2D eigenvalue weighted by Crippen LogP contribution is -1.96. The number of nitrogen functional groups attached to an aromatic ring is 1. The van der Waals surface area contributed by atoms with E-state index in [0.717, 1.165) is 0 Å². The maximum absolute atomic E-state index is 5.94. The first kappa shape index (κ1) is 9.72. The molecule has 2 aromatic heterocycles. The van der Waals surface area contributed by atoms with Crippen LogP contribution in [0, 0.1) is 0 Å². The molecule has 0 unspecified atom stereocenters. The number of imidazole rings is 1. The molecule has 2 N–H and O–H groups in total. The van der Waals surface area contributed by atoms with Gasteiger partial charge in [-0.15, -0.1) is 0 Å². The summed E-state index contributed by atoms with van der Waals surface area (Å²) in [7, 11) is 1.50. The highest BCUT2D eigenvalue weighted by Crippen LogP contribution is 2.19. The first-order valence-corrected chi connectivity index (χ1v) is 4.44. The Morgan fingerprint density at radius 1 is 1.53 bits per heavy atom. The first-order valence-electron chi connectivity index (χ1n) is 4.06. The van der Waals surface area contributed by atoms with Crippen molar-refractivity contribution in [2.24, 2.45) is 0 Å². The monoisotopic (exact) mass is 225 g/mol. The Labute approximate surface area is 90.4 Å². The predicted octanol–water partition coefficient (Wildman–Crippen LogP) is 1.05. The van der Waals surface area contributed by atoms with E-state index in [1.807, 2.05) is 0 Å². The summed E-state index contributed by atoms with van der Waals surface area (Å²) >= 11 is 5.94. The molecular formula is C8H8ClN5O. The molecule has 0 radical (unpaired) electrons. The lowest BCUT2D eigenvalue weighted by molar-refractivity contribution is 0.339. The molecule has 0 aromatic carbocycles. The van der Waals surface area contributed by atoms with Crippen LogP contribution >= 0.6 is 11.6 Å². The predicted molar refractivity (Wildman–Crippen MR) is 56.9 cm³/mol. The molecule has 2 heterocycles. The topological polar surface area (TPSA) is 78.9 Å². The Balaban J connectivity index is 2.64. The standard InChI is InChI=1S/C8H8ClN5O/c1-15-2-5(9)14-4-13-6-7(10)11-3-12-8(6)14/h2-4H,1H3,(H2,10,11,12)/b5-2-. The molecule has 0 aliphatic heterocycles. The minimum absolute atomic E-state index is 0.320. The fourth-order valence-electron chi connectivity index (χ4n) is 1.16. The van der Waals surface area contributed by atoms with Crippen molar-refractivity contribution in [2.45, 2.75) is 0 Å². The molecule has 0 amide bonds. The first-order chi connectivity index (χ1) is 7.24. The van der Waals surface area contributed by atoms with Crippen LogP contribution in [0.5, 0.6) is 0 Å². The van der Waals surface area contributed by atoms with Gasteiger partial charge in [0.25, 0.3) is 0 Å². The van der Waals surface area contributed by atoms with Crippen molar-refractivity contribution < 1.29 is 4.74 Å². The van der Waals surface area contributed by atoms with Crippen molar-refractivity contribution >= 4 is 33.7 Å². The molecule has 2 rings (SSSR count). The summed E-state index contributed by atoms with van der Waals surface area (Å²) in [5.41, 5.74) is 6.68. The maximum Gasteiger partial charge on any atom is 0.170 e. The second kappa shape index (κ2) is 3.74. The van der Waals surface area contributed by atoms with E-state index in [1.165, 1.54) is 26.0 Å². The van der Waals surface area contributed by atoms with E-state index >= 15 is 0 Å². The number of nitrogens with two attached hydrogens (primary N) is 1. The Bertz CT molecular complexity index is 521. The molecule has 0 spiro atoms. The van der Waals surface area contributed by atoms with E-state index < -0.39 is 0 Å². The lowest BCUT2D eigenvalue weighted by atomic mass is 10.5. The third-order valence-corrected chi connectivity index (χ3v) is 2.08. The molecule has 15 heavy (non-hydrogen) atoms. The van der Waals surface area contributed by atoms with Crippen LogP contribution in [0.3, 0.4) is 0 Å². The second-order valence-electron chi connectivity index (χ2n) is 2.72. The maximum atomic E-state index is 5.94. The number of hydrogen-bond donors (Lipinski definition) is 1. The van der Waals surface area contributed by atoms with E-state index in [-0.39, 0.29) is 0 Å². The molecule has 0 aliphatic rings. The molecule has 6 nitrogen and oxygen atoms in total. The van der Waals surface area contributed by atoms with Crippen molar-refractivity contribution in [3.8, 4) is 0 Å². The van der Waals surface area contributed by atoms with Crippen LogP contribution in [0.25, 0.3) is 16.3 Å². The van der Waals surface area contributed by atoms with E-state index in [9.17, 15) is 0 Å². The van der Waals surface area contributed by atoms with Gasteiger partial charge in [-0.3, -0.25) is 4.57 Å². The number of rotatable bonds is 2. The summed E-state index contributed by atoms with van der Waals surface area (Å²) in [6, 6.07) is 0. The van der Waals surface area contributed by atoms with Crippen molar-refractivity contribution in [1.82, 2.24) is 19.5 Å². The highest BCUT2D eigenvalue weighted by atomic mass is 35.5. The fraction of sp³-hybridized carbons (Fsp3) is 0.125. The average Bonchev–Trinajstić information content (AvgIpc) is 2.63. The normalized spacial score (nSPS) is 12.0. The molecule has 0 bridgehead atoms. The van der Waals surface area contributed by atoms with Gasteiger partial charge in [0.1, 0.15) is 18.9 Å². The zero-order chi connectivity index (χ0) is 10.8. The van der Waals surface area contributed by atoms with Crippen LogP contribution in [-0.2, 0) is 4.74 Å². The molecule has 7 heteroatoms. The largest absolute Gasteiger partial charge is 0.501 e. The highest BCUT2D eigenvalue weighted by molar-refractivity contribution is 6.45. The van der Waals surface area contributed by atoms with Gasteiger partial charge in [-0.1, -0.05) is 11.6 Å². The number of anilines is 1. The number of fused-ring (bicyclic) bond motifs is 1. The van der Waals surface area contributed by atoms with Gasteiger partial charge in [0.15, 0.2) is 22.1 Å². The van der Waals surface area contributed by atoms with E-state index in [0.29, 0.717) is 22.1 Å². The molecule has 0 saturated heterocycles. The van der Waals surface area contributed by atoms with E-state index in [2.05, 4.69) is 15.0 Å². The van der Waals surface area contributed by atoms with Crippen molar-refractivity contribution in [3.05, 3.63) is 18.9 Å². The summed E-state index contributed by atoms with van der Waals surface area (Å²) in [5.74, 6) is 0.320. The van der Waals surface area contributed by atoms with Crippen LogP contribution in [0.1, 0.15) is 0 Å². The van der Waals surface area contributed by atoms with Crippen LogP contribution < -0.4 is 5.73 Å². The highest BCUT2D eigenvalue weighted by Gasteiger charge is 2.09. The van der Waals surface area contributed by atoms with Gasteiger partial charge in [0.2, 0.25) is 0 Å². The Morgan fingerprint density at radius 3 is 3.07 bits per heavy atom. The lowest BCUT2D eigenvalue weighted by Gasteiger charge is -2.00. The van der Waals surface area contributed by atoms with Crippen LogP contribution in [0.4, 0.5) is 5.82 Å². The molecule has 0 saturated carbocycles. The zero-order valence-corrected chi connectivity index (χ0v) is 8.64. The second-order valence-corrected chi connectivity index (χ2v) is 3.11. The van der Waals surface area contributed by atoms with E-state index in [1.54, 1.807) is 4.57 Å². The number of hydrogen-bond acceptors (Lipinski definition) is 5. The third kappa shape index (κ3) is 1.59. The van der Waals surface area contributed by atoms with Crippen molar-refractivity contribution in [1.29, 1.82) is 0 Å². The zero-order valence-electron chi connectivity index (χ0n) is 7.88. The van der Waals surface area contributed by atoms with Gasteiger partial charge in [-0.2, -0.15) is 0 Å². The Hall–Kier alpha value is -1.82. The fourth-order valence-corrected chi connectivity index (χ4v) is 1.38. The van der Waals surface area contributed by atoms with Gasteiger partial charge >= 0.3 is 0 Å². The Morgan fingerprint density at radius 2 is 2.33 bits per heavy atom. The van der Waals surface area contributed by atoms with Gasteiger partial charge in [-0.25, -0.2) is 15.0 Å². The number of aromatic nitrogens is 4. The minimum Gasteiger partial charge on any atom is -0.501 e. The smallest absolute Gasteiger partial charge is 0.170 e. The SMILES string of the molecule is CO/C=C(/Cl)n1cnc2c(N)ncnc21. The number of halogens is 1.